The molecule has 0 saturated carbocycles. The molecule has 6 aromatic rings. The number of nitrogens with zero attached hydrogens (tertiary/aromatic N) is 8. The first-order valence-corrected chi connectivity index (χ1v) is 11.7. The molecule has 1 N–H and O–H groups in total. The quantitative estimate of drug-likeness (QED) is 0.362. The number of pyridine rings is 2. The number of aromatic nitrogens is 8. The van der Waals surface area contributed by atoms with E-state index in [1.165, 1.54) is 10.8 Å². The molecule has 11 nitrogen and oxygen atoms in total. The largest absolute Gasteiger partial charge is 0.333 e. The van der Waals surface area contributed by atoms with Crippen molar-refractivity contribution in [2.45, 2.75) is 19.3 Å². The molecule has 0 spiro atoms. The van der Waals surface area contributed by atoms with Gasteiger partial charge in [0, 0.05) is 36.5 Å². The van der Waals surface area contributed by atoms with Crippen LogP contribution in [0.3, 0.4) is 0 Å². The number of nitriles is 1. The summed E-state index contributed by atoms with van der Waals surface area (Å²) in [6, 6.07) is 14.7. The summed E-state index contributed by atoms with van der Waals surface area (Å²) >= 11 is 0. The van der Waals surface area contributed by atoms with Gasteiger partial charge in [0.25, 0.3) is 5.56 Å². The summed E-state index contributed by atoms with van der Waals surface area (Å²) in [4.78, 5) is 46.2. The lowest BCUT2D eigenvalue weighted by molar-refractivity contribution is 0.686. The highest BCUT2D eigenvalue weighted by Gasteiger charge is 2.20. The predicted octanol–water partition coefficient (Wildman–Crippen LogP) is 3.07. The van der Waals surface area contributed by atoms with E-state index in [1.807, 2.05) is 13.8 Å². The van der Waals surface area contributed by atoms with Gasteiger partial charge in [-0.2, -0.15) is 10.4 Å². The molecule has 38 heavy (non-hydrogen) atoms. The summed E-state index contributed by atoms with van der Waals surface area (Å²) in [7, 11) is 0. The topological polar surface area (TPSA) is 148 Å². The van der Waals surface area contributed by atoms with E-state index in [1.54, 1.807) is 71.9 Å². The molecule has 0 fully saturated rings. The van der Waals surface area contributed by atoms with Gasteiger partial charge in [0.1, 0.15) is 5.52 Å². The van der Waals surface area contributed by atoms with Gasteiger partial charge in [-0.15, -0.1) is 0 Å². The van der Waals surface area contributed by atoms with Crippen molar-refractivity contribution >= 4 is 21.9 Å². The number of nitrogens with one attached hydrogen (secondary N) is 1. The molecule has 1 aromatic carbocycles. The Hall–Kier alpha value is -5.50. The average molecular weight is 502 g/mol. The van der Waals surface area contributed by atoms with E-state index in [9.17, 15) is 14.9 Å². The summed E-state index contributed by atoms with van der Waals surface area (Å²) < 4.78 is 2.95. The Labute approximate surface area is 214 Å². The van der Waals surface area contributed by atoms with Gasteiger partial charge in [-0.25, -0.2) is 24.4 Å². The highest BCUT2D eigenvalue weighted by molar-refractivity contribution is 6.01. The third-order valence-electron chi connectivity index (χ3n) is 6.35. The first-order valence-electron chi connectivity index (χ1n) is 11.7. The van der Waals surface area contributed by atoms with Crippen LogP contribution in [-0.2, 0) is 5.41 Å². The van der Waals surface area contributed by atoms with Gasteiger partial charge in [-0.3, -0.25) is 19.3 Å². The lowest BCUT2D eigenvalue weighted by Gasteiger charge is -2.17. The van der Waals surface area contributed by atoms with E-state index in [2.05, 4.69) is 31.1 Å². The smallest absolute Gasteiger partial charge is 0.273 e. The molecule has 5 heterocycles. The van der Waals surface area contributed by atoms with E-state index in [0.717, 1.165) is 5.56 Å². The molecule has 0 aliphatic carbocycles. The van der Waals surface area contributed by atoms with Gasteiger partial charge in [-0.1, -0.05) is 12.1 Å². The zero-order valence-corrected chi connectivity index (χ0v) is 20.3. The molecular formula is C27H19N9O2. The maximum Gasteiger partial charge on any atom is 0.333 e. The minimum absolute atomic E-state index is 0.216. The van der Waals surface area contributed by atoms with Gasteiger partial charge in [-0.05, 0) is 49.7 Å². The van der Waals surface area contributed by atoms with Crippen LogP contribution in [0.4, 0.5) is 0 Å². The SMILES string of the molecule is CC(C)(C#N)c1ccc(-n2c(=O)[nH]c(=O)c3cnc4ccc(-c5cnc(-n6cccn6)nc5)nc4c32)cc1. The molecule has 184 valence electrons. The molecule has 0 unspecified atom stereocenters. The number of rotatable bonds is 4. The highest BCUT2D eigenvalue weighted by atomic mass is 16.2. The maximum absolute atomic E-state index is 13.1. The Morgan fingerprint density at radius 1 is 0.974 bits per heavy atom. The molecule has 0 aliphatic rings. The van der Waals surface area contributed by atoms with E-state index in [4.69, 9.17) is 4.98 Å². The monoisotopic (exact) mass is 501 g/mol. The lowest BCUT2D eigenvalue weighted by Crippen LogP contribution is -2.29. The minimum atomic E-state index is -0.696. The van der Waals surface area contributed by atoms with Gasteiger partial charge in [0.15, 0.2) is 0 Å². The predicted molar refractivity (Wildman–Crippen MR) is 140 cm³/mol. The zero-order valence-electron chi connectivity index (χ0n) is 20.3. The fourth-order valence-electron chi connectivity index (χ4n) is 4.23. The molecule has 0 amide bonds. The van der Waals surface area contributed by atoms with Crippen LogP contribution < -0.4 is 11.2 Å². The Morgan fingerprint density at radius 2 is 1.74 bits per heavy atom. The van der Waals surface area contributed by atoms with Crippen molar-refractivity contribution in [1.29, 1.82) is 5.26 Å². The number of hydrogen-bond acceptors (Lipinski definition) is 8. The second kappa shape index (κ2) is 8.56. The van der Waals surface area contributed by atoms with Crippen LogP contribution >= 0.6 is 0 Å². The molecule has 0 bridgehead atoms. The molecule has 11 heteroatoms. The first-order chi connectivity index (χ1) is 18.4. The Morgan fingerprint density at radius 3 is 2.42 bits per heavy atom. The van der Waals surface area contributed by atoms with Crippen LogP contribution in [-0.4, -0.2) is 39.3 Å². The standard InChI is InChI=1S/C27H19N9O2/c1-27(2,15-28)17-4-6-18(7-5-17)36-23-19(24(37)34-26(36)38)14-29-21-9-8-20(33-22(21)23)16-12-30-25(31-13-16)35-11-3-10-32-35/h3-14H,1-2H3,(H,34,37,38). The summed E-state index contributed by atoms with van der Waals surface area (Å²) in [5.41, 5.74) is 1.85. The third kappa shape index (κ3) is 3.72. The van der Waals surface area contributed by atoms with Crippen molar-refractivity contribution in [3.8, 4) is 29.0 Å². The lowest BCUT2D eigenvalue weighted by atomic mass is 9.86. The van der Waals surface area contributed by atoms with Crippen molar-refractivity contribution in [2.75, 3.05) is 0 Å². The first kappa shape index (κ1) is 22.9. The molecule has 0 saturated heterocycles. The van der Waals surface area contributed by atoms with Crippen LogP contribution in [0.5, 0.6) is 0 Å². The van der Waals surface area contributed by atoms with Crippen LogP contribution in [0.15, 0.2) is 83.0 Å². The Balaban J connectivity index is 1.56. The number of H-pyrrole nitrogens is 1. The fraction of sp³-hybridized carbons (Fsp3) is 0.111. The van der Waals surface area contributed by atoms with Gasteiger partial charge in [0.05, 0.1) is 39.3 Å². The molecule has 5 aromatic heterocycles. The molecule has 0 aliphatic heterocycles. The molecule has 0 radical (unpaired) electrons. The summed E-state index contributed by atoms with van der Waals surface area (Å²) in [6.45, 7) is 3.64. The Kier molecular flexibility index (Phi) is 5.17. The van der Waals surface area contributed by atoms with Crippen molar-refractivity contribution in [3.05, 3.63) is 99.9 Å². The van der Waals surface area contributed by atoms with E-state index >= 15 is 0 Å². The fourth-order valence-corrected chi connectivity index (χ4v) is 4.23. The van der Waals surface area contributed by atoms with Crippen LogP contribution in [0, 0.1) is 11.3 Å². The molecule has 0 atom stereocenters. The van der Waals surface area contributed by atoms with Crippen molar-refractivity contribution in [2.24, 2.45) is 0 Å². The van der Waals surface area contributed by atoms with Gasteiger partial charge < -0.3 is 0 Å². The van der Waals surface area contributed by atoms with Gasteiger partial charge >= 0.3 is 5.69 Å². The normalized spacial score (nSPS) is 11.6. The van der Waals surface area contributed by atoms with Crippen LogP contribution in [0.2, 0.25) is 0 Å². The van der Waals surface area contributed by atoms with Crippen molar-refractivity contribution in [1.82, 2.24) is 39.3 Å². The second-order valence-electron chi connectivity index (χ2n) is 9.19. The Bertz CT molecular complexity index is 1980. The summed E-state index contributed by atoms with van der Waals surface area (Å²) in [5, 5.41) is 13.8. The highest BCUT2D eigenvalue weighted by Crippen LogP contribution is 2.27. The van der Waals surface area contributed by atoms with Crippen molar-refractivity contribution < 1.29 is 0 Å². The van der Waals surface area contributed by atoms with Gasteiger partial charge in [0.2, 0.25) is 5.95 Å². The maximum atomic E-state index is 13.1. The number of fused-ring (bicyclic) bond motifs is 3. The number of hydrogen-bond donors (Lipinski definition) is 1. The van der Waals surface area contributed by atoms with E-state index < -0.39 is 16.7 Å². The number of aromatic amines is 1. The average Bonchev–Trinajstić information content (AvgIpc) is 3.48. The van der Waals surface area contributed by atoms with Crippen LogP contribution in [0.25, 0.3) is 44.8 Å². The summed E-state index contributed by atoms with van der Waals surface area (Å²) in [6.07, 6.45) is 8.08. The molecular weight excluding hydrogens is 482 g/mol. The van der Waals surface area contributed by atoms with Crippen molar-refractivity contribution in [3.63, 3.8) is 0 Å². The third-order valence-corrected chi connectivity index (χ3v) is 6.35. The van der Waals surface area contributed by atoms with Crippen LogP contribution in [0.1, 0.15) is 19.4 Å². The minimum Gasteiger partial charge on any atom is -0.273 e. The summed E-state index contributed by atoms with van der Waals surface area (Å²) in [5.74, 6) is 0.412. The zero-order chi connectivity index (χ0) is 26.4. The number of benzene rings is 1. The second-order valence-corrected chi connectivity index (χ2v) is 9.19. The van der Waals surface area contributed by atoms with E-state index in [0.29, 0.717) is 39.4 Å². The van der Waals surface area contributed by atoms with E-state index in [-0.39, 0.29) is 5.39 Å². The molecule has 6 rings (SSSR count).